The molecule has 0 saturated carbocycles. The number of carboxylic acids is 1. The molecule has 517 valence electrons. The van der Waals surface area contributed by atoms with E-state index >= 15 is 8.78 Å². The highest BCUT2D eigenvalue weighted by atomic mass is 19.2. The van der Waals surface area contributed by atoms with Crippen LogP contribution in [0.15, 0.2) is 109 Å². The number of nitrogens with one attached hydrogen (secondary N) is 5. The molecule has 6 amide bonds. The Labute approximate surface area is 565 Å². The zero-order valence-corrected chi connectivity index (χ0v) is 54.6. The third-order valence-corrected chi connectivity index (χ3v) is 16.8. The van der Waals surface area contributed by atoms with Crippen LogP contribution in [0.25, 0.3) is 22.3 Å². The predicted octanol–water partition coefficient (Wildman–Crippen LogP) is 7.10. The van der Waals surface area contributed by atoms with E-state index in [9.17, 15) is 60.5 Å². The number of nitrogens with zero attached hydrogens (tertiary/aromatic N) is 4. The minimum atomic E-state index is -1.57. The van der Waals surface area contributed by atoms with Gasteiger partial charge in [-0.15, -0.1) is 0 Å². The molecule has 4 heterocycles. The fraction of sp³-hybridized carbons (Fsp3) is 0.379. The number of piperidine rings is 4. The molecule has 5 radical (unpaired) electrons. The Kier molecular flexibility index (Phi) is 26.2. The fourth-order valence-corrected chi connectivity index (χ4v) is 12.6. The SMILES string of the molecule is CB(O)NCCN.CN1CC2CN(C(=O)Nc3cc(F)cc(F)c3)CC(C1)C2(O)c1ccc(-c2cc(F)c(C(=O)NCCNC(=O)OC(C)(C)C)cc2F)cc1.CN1CC2CN(C(=O)Nc3cc(F)cc(F)c3)CC(C1)C2(O)c1ccc(-c2cc(F)c(C(=O)O)cc2F)cc1.[B][B][B]. The van der Waals surface area contributed by atoms with Crippen molar-refractivity contribution >= 4 is 71.0 Å². The van der Waals surface area contributed by atoms with Crippen molar-refractivity contribution in [3.05, 3.63) is 178 Å². The minimum Gasteiger partial charge on any atom is -0.478 e. The summed E-state index contributed by atoms with van der Waals surface area (Å²) in [5.74, 6) is -11.1. The van der Waals surface area contributed by atoms with Crippen LogP contribution in [-0.4, -0.2) is 198 Å². The van der Waals surface area contributed by atoms with Gasteiger partial charge >= 0.3 is 31.2 Å². The Bertz CT molecular complexity index is 3740. The van der Waals surface area contributed by atoms with Gasteiger partial charge in [0.15, 0.2) is 0 Å². The summed E-state index contributed by atoms with van der Waals surface area (Å²) in [6, 6.07) is 20.3. The molecular formula is C66H75B4F8N10O10. The van der Waals surface area contributed by atoms with E-state index in [4.69, 9.17) is 20.6 Å². The smallest absolute Gasteiger partial charge is 0.407 e. The van der Waals surface area contributed by atoms with Crippen molar-refractivity contribution in [1.29, 1.82) is 0 Å². The number of aliphatic hydroxyl groups is 2. The second-order valence-corrected chi connectivity index (χ2v) is 25.2. The van der Waals surface area contributed by atoms with Crippen molar-refractivity contribution in [2.75, 3.05) is 103 Å². The molecule has 32 heteroatoms. The maximum atomic E-state index is 15.2. The molecule has 4 bridgehead atoms. The number of carbonyl (C=O) groups excluding carboxylic acids is 4. The molecule has 0 aliphatic carbocycles. The van der Waals surface area contributed by atoms with E-state index in [-0.39, 0.29) is 61.8 Å². The first-order valence-electron chi connectivity index (χ1n) is 31.1. The second kappa shape index (κ2) is 33.4. The van der Waals surface area contributed by atoms with E-state index in [0.717, 1.165) is 49.5 Å². The normalized spacial score (nSPS) is 20.3. The van der Waals surface area contributed by atoms with E-state index in [1.165, 1.54) is 21.9 Å². The van der Waals surface area contributed by atoms with Crippen molar-refractivity contribution in [2.45, 2.75) is 44.4 Å². The van der Waals surface area contributed by atoms with Gasteiger partial charge in [-0.2, -0.15) is 0 Å². The van der Waals surface area contributed by atoms with E-state index in [2.05, 4.69) is 51.8 Å². The Hall–Kier alpha value is -8.51. The van der Waals surface area contributed by atoms with Crippen LogP contribution in [-0.2, 0) is 15.9 Å². The lowest BCUT2D eigenvalue weighted by Crippen LogP contribution is -2.65. The summed E-state index contributed by atoms with van der Waals surface area (Å²) in [5, 5.41) is 54.3. The molecule has 4 aliphatic heterocycles. The lowest BCUT2D eigenvalue weighted by Gasteiger charge is -2.55. The predicted molar refractivity (Wildman–Crippen MR) is 356 cm³/mol. The Balaban J connectivity index is 0.000000247. The first-order chi connectivity index (χ1) is 46.2. The number of fused-ring (bicyclic) bond motifs is 4. The molecule has 98 heavy (non-hydrogen) atoms. The van der Waals surface area contributed by atoms with Gasteiger partial charge in [-0.25, -0.2) is 54.3 Å². The average Bonchev–Trinajstić information content (AvgIpc) is 0.739. The number of ether oxygens (including phenoxy) is 1. The van der Waals surface area contributed by atoms with Crippen molar-refractivity contribution < 1.29 is 84.2 Å². The van der Waals surface area contributed by atoms with E-state index in [1.54, 1.807) is 64.0 Å². The average molecular weight is 1360 g/mol. The molecule has 6 aromatic carbocycles. The maximum absolute atomic E-state index is 15.2. The summed E-state index contributed by atoms with van der Waals surface area (Å²) < 4.78 is 119. The molecule has 4 saturated heterocycles. The molecule has 4 unspecified atom stereocenters. The molecule has 4 atom stereocenters. The van der Waals surface area contributed by atoms with Gasteiger partial charge in [0.25, 0.3) is 5.91 Å². The number of benzene rings is 6. The van der Waals surface area contributed by atoms with Crippen LogP contribution in [0.5, 0.6) is 0 Å². The number of carboxylic acid groups (broad SMARTS) is 1. The minimum absolute atomic E-state index is 0.0148. The van der Waals surface area contributed by atoms with Crippen LogP contribution >= 0.6 is 0 Å². The summed E-state index contributed by atoms with van der Waals surface area (Å²) in [7, 11) is 13.4. The quantitative estimate of drug-likeness (QED) is 0.0296. The third kappa shape index (κ3) is 19.4. The van der Waals surface area contributed by atoms with Crippen LogP contribution in [0.3, 0.4) is 0 Å². The van der Waals surface area contributed by atoms with Gasteiger partial charge in [-0.05, 0) is 119 Å². The van der Waals surface area contributed by atoms with E-state index in [1.807, 2.05) is 14.1 Å². The van der Waals surface area contributed by atoms with Gasteiger partial charge in [0.05, 0.1) is 11.1 Å². The van der Waals surface area contributed by atoms with Crippen LogP contribution < -0.4 is 32.2 Å². The highest BCUT2D eigenvalue weighted by Crippen LogP contribution is 2.47. The summed E-state index contributed by atoms with van der Waals surface area (Å²) in [6.45, 7) is 10.5. The van der Waals surface area contributed by atoms with Crippen LogP contribution in [0.4, 0.5) is 60.9 Å². The number of anilines is 2. The monoisotopic (exact) mass is 1360 g/mol. The maximum Gasteiger partial charge on any atom is 0.407 e. The van der Waals surface area contributed by atoms with Crippen molar-refractivity contribution in [2.24, 2.45) is 29.4 Å². The number of halogens is 8. The lowest BCUT2D eigenvalue weighted by molar-refractivity contribution is -0.153. The number of aromatic carboxylic acids is 1. The highest BCUT2D eigenvalue weighted by molar-refractivity contribution is 7.17. The molecule has 11 N–H and O–H groups in total. The second-order valence-electron chi connectivity index (χ2n) is 25.2. The van der Waals surface area contributed by atoms with E-state index < -0.39 is 135 Å². The molecule has 4 fully saturated rings. The largest absolute Gasteiger partial charge is 0.478 e. The summed E-state index contributed by atoms with van der Waals surface area (Å²) in [5.41, 5.74) is 1.94. The van der Waals surface area contributed by atoms with Crippen molar-refractivity contribution in [3.63, 3.8) is 0 Å². The number of amides is 6. The lowest BCUT2D eigenvalue weighted by atomic mass is 9.40. The molecule has 4 aliphatic rings. The van der Waals surface area contributed by atoms with E-state index in [0.29, 0.717) is 79.7 Å². The van der Waals surface area contributed by atoms with Gasteiger partial charge in [-0.3, -0.25) is 4.79 Å². The number of nitrogens with two attached hydrogens (primary N) is 1. The summed E-state index contributed by atoms with van der Waals surface area (Å²) in [6.07, 6.45) is -0.675. The number of rotatable bonds is 14. The number of alkyl carbamates (subject to hydrolysis) is 1. The van der Waals surface area contributed by atoms with Gasteiger partial charge in [0.2, 0.25) is 0 Å². The van der Waals surface area contributed by atoms with Crippen LogP contribution in [0.1, 0.15) is 52.6 Å². The van der Waals surface area contributed by atoms with Crippen molar-refractivity contribution in [1.82, 2.24) is 35.5 Å². The van der Waals surface area contributed by atoms with Gasteiger partial charge in [0.1, 0.15) is 63.3 Å². The zero-order valence-electron chi connectivity index (χ0n) is 54.6. The standard InChI is InChI=1S/C35H39F4N5O5.C28H25F4N3O4.C3H11BN2O.B3/c1-34(2,3)49-33(47)41-10-9-40-31(45)28-15-29(38)27(14-30(28)39)20-5-7-21(8-6-20)35(48)22-16-43(4)17-23(35)19-44(18-22)32(46)42-26-12-24(36)11-25(37)13-26;1-34-11-17-13-35(27(38)33-21-7-19(29)6-20(30)8-21)14-18(12-34)28(17,39)16-4-2-15(3-5-16)22-9-25(32)23(26(36)37)10-24(22)31;1-4(7)6-3-2-5;1-3-2/h5-8,11-15,22-23,48H,9-10,16-19H2,1-4H3,(H,40,45)(H,41,47)(H,42,46);2-10,17-18,39H,11-14H2,1H3,(H,33,38)(H,36,37);6-7H,2-3,5H2,1H3;. The first kappa shape index (κ1) is 76.9. The Morgan fingerprint density at radius 1 is 0.571 bits per heavy atom. The first-order valence-corrected chi connectivity index (χ1v) is 31.1. The Morgan fingerprint density at radius 2 is 0.929 bits per heavy atom. The van der Waals surface area contributed by atoms with Gasteiger partial charge in [0, 0.05) is 153 Å². The molecule has 0 aromatic heterocycles. The number of hydrogen-bond donors (Lipinski definition) is 10. The number of carbonyl (C=O) groups is 5. The molecular weight excluding hydrogens is 1290 g/mol. The van der Waals surface area contributed by atoms with Crippen LogP contribution in [0, 0.1) is 70.2 Å². The zero-order chi connectivity index (χ0) is 72.1. The van der Waals surface area contributed by atoms with Gasteiger partial charge < -0.3 is 76.9 Å². The molecule has 6 aromatic rings. The van der Waals surface area contributed by atoms with Crippen LogP contribution in [0.2, 0.25) is 6.82 Å². The summed E-state index contributed by atoms with van der Waals surface area (Å²) >= 11 is 0. The Morgan fingerprint density at radius 3 is 1.27 bits per heavy atom. The summed E-state index contributed by atoms with van der Waals surface area (Å²) in [4.78, 5) is 68.5. The fourth-order valence-electron chi connectivity index (χ4n) is 12.6. The highest BCUT2D eigenvalue weighted by Gasteiger charge is 2.55. The molecule has 10 rings (SSSR count). The van der Waals surface area contributed by atoms with Crippen molar-refractivity contribution in [3.8, 4) is 22.3 Å². The molecule has 0 spiro atoms. The van der Waals surface area contributed by atoms with Gasteiger partial charge in [-0.1, -0.05) is 48.5 Å². The third-order valence-electron chi connectivity index (χ3n) is 16.8. The molecule has 20 nitrogen and oxygen atoms in total. The topological polar surface area (TPSA) is 275 Å². The number of likely N-dealkylation sites (tertiary alicyclic amines) is 4. The number of urea groups is 2. The number of hydrogen-bond acceptors (Lipinski definition) is 13.